The lowest BCUT2D eigenvalue weighted by atomic mass is 9.99. The van der Waals surface area contributed by atoms with E-state index in [0.29, 0.717) is 11.7 Å². The van der Waals surface area contributed by atoms with Gasteiger partial charge in [-0.1, -0.05) is 36.4 Å². The molecular weight excluding hydrogens is 430 g/mol. The Labute approximate surface area is 196 Å². The third kappa shape index (κ3) is 3.31. The van der Waals surface area contributed by atoms with Crippen LogP contribution in [-0.2, 0) is 0 Å². The van der Waals surface area contributed by atoms with E-state index in [1.807, 2.05) is 18.2 Å². The Bertz CT molecular complexity index is 1570. The number of fused-ring (bicyclic) bond motifs is 1. The van der Waals surface area contributed by atoms with Gasteiger partial charge in [-0.25, -0.2) is 15.1 Å². The molecule has 7 heteroatoms. The second-order valence-corrected chi connectivity index (χ2v) is 9.07. The van der Waals surface area contributed by atoms with Crippen LogP contribution in [0, 0.1) is 25.6 Å². The summed E-state index contributed by atoms with van der Waals surface area (Å²) in [6.45, 7) is 6.35. The van der Waals surface area contributed by atoms with Gasteiger partial charge in [0, 0.05) is 22.9 Å². The topological polar surface area (TPSA) is 72.5 Å². The summed E-state index contributed by atoms with van der Waals surface area (Å²) in [5.41, 5.74) is 9.61. The van der Waals surface area contributed by atoms with E-state index in [0.717, 1.165) is 45.1 Å². The summed E-state index contributed by atoms with van der Waals surface area (Å²) in [6.07, 6.45) is 2.37. The first-order chi connectivity index (χ1) is 16.0. The van der Waals surface area contributed by atoms with Gasteiger partial charge in [-0.2, -0.15) is 4.98 Å². The van der Waals surface area contributed by atoms with Crippen LogP contribution in [0.4, 0.5) is 0 Å². The zero-order valence-electron chi connectivity index (χ0n) is 18.7. The van der Waals surface area contributed by atoms with Crippen molar-refractivity contribution in [3.8, 4) is 28.2 Å². The van der Waals surface area contributed by atoms with Crippen molar-refractivity contribution in [2.75, 3.05) is 0 Å². The smallest absolute Gasteiger partial charge is 0.314 e. The second-order valence-electron chi connectivity index (χ2n) is 8.72. The van der Waals surface area contributed by atoms with Gasteiger partial charge in [0.25, 0.3) is 0 Å². The predicted molar refractivity (Wildman–Crippen MR) is 131 cm³/mol. The number of aryl methyl sites for hydroxylation is 2. The van der Waals surface area contributed by atoms with Gasteiger partial charge >= 0.3 is 4.84 Å². The van der Waals surface area contributed by atoms with Crippen molar-refractivity contribution in [2.24, 2.45) is 0 Å². The van der Waals surface area contributed by atoms with Crippen molar-refractivity contribution < 1.29 is 4.52 Å². The Morgan fingerprint density at radius 3 is 2.30 bits per heavy atom. The minimum Gasteiger partial charge on any atom is -0.348 e. The Morgan fingerprint density at radius 2 is 1.64 bits per heavy atom. The normalized spacial score (nSPS) is 13.7. The maximum absolute atomic E-state index is 5.15. The van der Waals surface area contributed by atoms with E-state index in [2.05, 4.69) is 65.8 Å². The summed E-state index contributed by atoms with van der Waals surface area (Å²) in [6, 6.07) is 16.7. The Balaban J connectivity index is 1.48. The largest absolute Gasteiger partial charge is 0.348 e. The standard InChI is InChI=1S/C26H23N5OS/c1-14-15(2)22-25(27-16(14)3)31(24(28-22)18-8-9-18)19-12-10-17(11-13-19)20-6-4-5-7-21(20)23-29-26(33)32-30-23/h4-7,10-13,18H,8-9H2,1-3H3,(H,29,30,33). The van der Waals surface area contributed by atoms with Crippen LogP contribution in [0.1, 0.15) is 41.4 Å². The van der Waals surface area contributed by atoms with Gasteiger partial charge in [-0.05, 0) is 80.2 Å². The van der Waals surface area contributed by atoms with E-state index in [1.54, 1.807) is 0 Å². The van der Waals surface area contributed by atoms with Crippen LogP contribution < -0.4 is 0 Å². The maximum Gasteiger partial charge on any atom is 0.314 e. The number of benzene rings is 2. The highest BCUT2D eigenvalue weighted by Gasteiger charge is 2.31. The Kier molecular flexibility index (Phi) is 4.55. The van der Waals surface area contributed by atoms with Crippen molar-refractivity contribution in [3.63, 3.8) is 0 Å². The van der Waals surface area contributed by atoms with Crippen LogP contribution >= 0.6 is 12.2 Å². The minimum atomic E-state index is 0.197. The lowest BCUT2D eigenvalue weighted by Crippen LogP contribution is -2.02. The maximum atomic E-state index is 5.15. The van der Waals surface area contributed by atoms with Gasteiger partial charge in [-0.15, -0.1) is 0 Å². The quantitative estimate of drug-likeness (QED) is 0.310. The molecule has 0 saturated heterocycles. The van der Waals surface area contributed by atoms with Gasteiger partial charge < -0.3 is 4.52 Å². The number of rotatable bonds is 4. The monoisotopic (exact) mass is 453 g/mol. The van der Waals surface area contributed by atoms with Gasteiger partial charge in [0.05, 0.1) is 0 Å². The van der Waals surface area contributed by atoms with Crippen LogP contribution in [0.5, 0.6) is 0 Å². The third-order valence-electron chi connectivity index (χ3n) is 6.61. The molecule has 5 aromatic rings. The van der Waals surface area contributed by atoms with Gasteiger partial charge in [0.1, 0.15) is 11.3 Å². The number of pyridine rings is 1. The molecule has 0 radical (unpaired) electrons. The molecular formula is C26H23N5OS. The molecule has 0 atom stereocenters. The van der Waals surface area contributed by atoms with Crippen LogP contribution in [-0.4, -0.2) is 24.7 Å². The first-order valence-electron chi connectivity index (χ1n) is 11.1. The molecule has 2 aromatic carbocycles. The molecule has 1 N–H and O–H groups in total. The van der Waals surface area contributed by atoms with E-state index in [-0.39, 0.29) is 4.84 Å². The highest BCUT2D eigenvalue weighted by molar-refractivity contribution is 7.71. The van der Waals surface area contributed by atoms with E-state index < -0.39 is 0 Å². The molecule has 1 aliphatic carbocycles. The summed E-state index contributed by atoms with van der Waals surface area (Å²) >= 11 is 5.03. The predicted octanol–water partition coefficient (Wildman–Crippen LogP) is 6.60. The summed E-state index contributed by atoms with van der Waals surface area (Å²) < 4.78 is 7.40. The number of hydrogen-bond donors (Lipinski definition) is 1. The van der Waals surface area contributed by atoms with E-state index in [9.17, 15) is 0 Å². The molecule has 0 spiro atoms. The summed E-state index contributed by atoms with van der Waals surface area (Å²) in [5, 5.41) is 2.82. The van der Waals surface area contributed by atoms with E-state index in [1.165, 1.54) is 24.0 Å². The van der Waals surface area contributed by atoms with Crippen molar-refractivity contribution >= 4 is 23.4 Å². The summed E-state index contributed by atoms with van der Waals surface area (Å²) in [5.74, 6) is 2.26. The zero-order chi connectivity index (χ0) is 22.7. The number of aromatic nitrogens is 5. The van der Waals surface area contributed by atoms with Gasteiger partial charge in [0.15, 0.2) is 11.5 Å². The van der Waals surface area contributed by atoms with Crippen molar-refractivity contribution in [1.82, 2.24) is 24.7 Å². The van der Waals surface area contributed by atoms with Crippen LogP contribution in [0.25, 0.3) is 39.4 Å². The molecule has 0 bridgehead atoms. The van der Waals surface area contributed by atoms with Crippen LogP contribution in [0.15, 0.2) is 53.1 Å². The summed E-state index contributed by atoms with van der Waals surface area (Å²) in [7, 11) is 0. The molecule has 1 saturated carbocycles. The number of imidazole rings is 1. The highest BCUT2D eigenvalue weighted by atomic mass is 32.1. The number of nitrogens with zero attached hydrogens (tertiary/aromatic N) is 4. The SMILES string of the molecule is Cc1nc2c(nc(C3CC3)n2-c2ccc(-c3ccccc3-c3nc(=S)o[nH]3)cc2)c(C)c1C. The highest BCUT2D eigenvalue weighted by Crippen LogP contribution is 2.42. The first-order valence-corrected chi connectivity index (χ1v) is 11.5. The van der Waals surface area contributed by atoms with Crippen molar-refractivity contribution in [3.05, 3.63) is 76.0 Å². The fraction of sp³-hybridized carbons (Fsp3) is 0.231. The molecule has 1 fully saturated rings. The van der Waals surface area contributed by atoms with E-state index >= 15 is 0 Å². The number of aromatic amines is 1. The molecule has 33 heavy (non-hydrogen) atoms. The molecule has 0 amide bonds. The molecule has 164 valence electrons. The second kappa shape index (κ2) is 7.49. The van der Waals surface area contributed by atoms with E-state index in [4.69, 9.17) is 26.7 Å². The van der Waals surface area contributed by atoms with Crippen LogP contribution in [0.3, 0.4) is 0 Å². The lowest BCUT2D eigenvalue weighted by molar-refractivity contribution is 0.406. The molecule has 6 nitrogen and oxygen atoms in total. The molecule has 6 rings (SSSR count). The Morgan fingerprint density at radius 1 is 0.909 bits per heavy atom. The molecule has 1 aliphatic rings. The zero-order valence-corrected chi connectivity index (χ0v) is 19.5. The fourth-order valence-corrected chi connectivity index (χ4v) is 4.55. The molecule has 3 aromatic heterocycles. The average molecular weight is 454 g/mol. The first kappa shape index (κ1) is 20.1. The van der Waals surface area contributed by atoms with Crippen molar-refractivity contribution in [1.29, 1.82) is 0 Å². The lowest BCUT2D eigenvalue weighted by Gasteiger charge is -2.12. The molecule has 0 unspecified atom stereocenters. The third-order valence-corrected chi connectivity index (χ3v) is 6.79. The summed E-state index contributed by atoms with van der Waals surface area (Å²) in [4.78, 5) is 14.5. The average Bonchev–Trinajstić information content (AvgIpc) is 3.48. The Hall–Kier alpha value is -3.58. The fourth-order valence-electron chi connectivity index (χ4n) is 4.42. The van der Waals surface area contributed by atoms with Gasteiger partial charge in [-0.3, -0.25) is 4.57 Å². The number of nitrogens with one attached hydrogen (secondary N) is 1. The number of H-pyrrole nitrogens is 1. The number of hydrogen-bond acceptors (Lipinski definition) is 5. The van der Waals surface area contributed by atoms with Crippen molar-refractivity contribution in [2.45, 2.75) is 39.5 Å². The van der Waals surface area contributed by atoms with Gasteiger partial charge in [0.2, 0.25) is 0 Å². The van der Waals surface area contributed by atoms with Crippen LogP contribution in [0.2, 0.25) is 0 Å². The minimum absolute atomic E-state index is 0.197. The molecule has 0 aliphatic heterocycles. The molecule has 3 heterocycles.